The molecule has 0 bridgehead atoms. The van der Waals surface area contributed by atoms with Gasteiger partial charge in [-0.05, 0) is 24.8 Å². The van der Waals surface area contributed by atoms with E-state index in [0.29, 0.717) is 5.75 Å². The number of nitrogens with zero attached hydrogens (tertiary/aromatic N) is 1. The first-order valence-corrected chi connectivity index (χ1v) is 8.57. The van der Waals surface area contributed by atoms with Gasteiger partial charge in [-0.25, -0.2) is 4.72 Å². The summed E-state index contributed by atoms with van der Waals surface area (Å²) in [5.74, 6) is -0.381. The number of piperidine rings is 1. The van der Waals surface area contributed by atoms with Crippen molar-refractivity contribution in [2.24, 2.45) is 0 Å². The highest BCUT2D eigenvalue weighted by Gasteiger charge is 2.25. The number of nitrogens with one attached hydrogen (secondary N) is 1. The Labute approximate surface area is 135 Å². The molecule has 1 unspecified atom stereocenters. The van der Waals surface area contributed by atoms with Gasteiger partial charge in [-0.2, -0.15) is 0 Å². The van der Waals surface area contributed by atoms with E-state index in [1.54, 1.807) is 4.90 Å². The Bertz CT molecular complexity index is 489. The van der Waals surface area contributed by atoms with Crippen molar-refractivity contribution in [3.05, 3.63) is 35.9 Å². The lowest BCUT2D eigenvalue weighted by Gasteiger charge is -2.27. The van der Waals surface area contributed by atoms with Gasteiger partial charge >= 0.3 is 5.97 Å². The van der Waals surface area contributed by atoms with Gasteiger partial charge in [-0.1, -0.05) is 42.3 Å². The summed E-state index contributed by atoms with van der Waals surface area (Å²) in [5.41, 5.74) is 1.12. The Morgan fingerprint density at radius 2 is 1.86 bits per heavy atom. The predicted octanol–water partition coefficient (Wildman–Crippen LogP) is 2.28. The first-order chi connectivity index (χ1) is 10.7. The first-order valence-electron chi connectivity index (χ1n) is 7.58. The van der Waals surface area contributed by atoms with Gasteiger partial charge in [0.15, 0.2) is 0 Å². The molecular formula is C16H22N2O3S. The summed E-state index contributed by atoms with van der Waals surface area (Å²) in [7, 11) is 0. The van der Waals surface area contributed by atoms with Crippen molar-refractivity contribution in [2.45, 2.75) is 37.5 Å². The fourth-order valence-corrected chi connectivity index (χ4v) is 3.25. The summed E-state index contributed by atoms with van der Waals surface area (Å²) in [6.45, 7) is 1.50. The van der Waals surface area contributed by atoms with Crippen LogP contribution < -0.4 is 4.72 Å². The summed E-state index contributed by atoms with van der Waals surface area (Å²) < 4.78 is 2.91. The molecule has 1 saturated heterocycles. The first kappa shape index (κ1) is 16.8. The molecule has 1 aliphatic rings. The fourth-order valence-electron chi connectivity index (χ4n) is 2.43. The average Bonchev–Trinajstić information content (AvgIpc) is 2.55. The molecule has 1 fully saturated rings. The summed E-state index contributed by atoms with van der Waals surface area (Å²) in [4.78, 5) is 25.3. The number of hydrogen-bond acceptors (Lipinski definition) is 4. The molecule has 1 aliphatic heterocycles. The molecule has 2 N–H and O–H groups in total. The highest BCUT2D eigenvalue weighted by molar-refractivity contribution is 7.96. The SMILES string of the molecule is O=C(O)C(CC(=O)N1CCCCC1)NSCc1ccccc1. The lowest BCUT2D eigenvalue weighted by Crippen LogP contribution is -2.42. The van der Waals surface area contributed by atoms with Crippen molar-refractivity contribution >= 4 is 23.8 Å². The molecule has 0 aliphatic carbocycles. The van der Waals surface area contributed by atoms with E-state index >= 15 is 0 Å². The Morgan fingerprint density at radius 3 is 2.50 bits per heavy atom. The zero-order valence-electron chi connectivity index (χ0n) is 12.5. The number of carbonyl (C=O) groups is 2. The highest BCUT2D eigenvalue weighted by atomic mass is 32.2. The molecule has 0 spiro atoms. The third kappa shape index (κ3) is 5.35. The van der Waals surface area contributed by atoms with Crippen LogP contribution in [0.3, 0.4) is 0 Å². The van der Waals surface area contributed by atoms with Crippen LogP contribution in [0, 0.1) is 0 Å². The number of rotatable bonds is 7. The molecule has 1 atom stereocenters. The van der Waals surface area contributed by atoms with E-state index < -0.39 is 12.0 Å². The number of likely N-dealkylation sites (tertiary alicyclic amines) is 1. The predicted molar refractivity (Wildman–Crippen MR) is 87.3 cm³/mol. The second kappa shape index (κ2) is 8.80. The second-order valence-electron chi connectivity index (χ2n) is 5.43. The van der Waals surface area contributed by atoms with Gasteiger partial charge < -0.3 is 10.0 Å². The summed E-state index contributed by atoms with van der Waals surface area (Å²) in [5, 5.41) is 9.27. The quantitative estimate of drug-likeness (QED) is 0.754. The van der Waals surface area contributed by atoms with Gasteiger partial charge in [0.2, 0.25) is 5.91 Å². The summed E-state index contributed by atoms with van der Waals surface area (Å²) in [6, 6.07) is 8.98. The van der Waals surface area contributed by atoms with Crippen LogP contribution in [0.25, 0.3) is 0 Å². The minimum absolute atomic E-state index is 0.0110. The Kier molecular flexibility index (Phi) is 6.74. The maximum absolute atomic E-state index is 12.2. The van der Waals surface area contributed by atoms with Crippen LogP contribution in [0.2, 0.25) is 0 Å². The van der Waals surface area contributed by atoms with E-state index in [9.17, 15) is 14.7 Å². The lowest BCUT2D eigenvalue weighted by atomic mass is 10.1. The standard InChI is InChI=1S/C16H22N2O3S/c19-15(18-9-5-2-6-10-18)11-14(16(20)21)17-22-12-13-7-3-1-4-8-13/h1,3-4,7-8,14,17H,2,5-6,9-12H2,(H,20,21). The van der Waals surface area contributed by atoms with Crippen molar-refractivity contribution < 1.29 is 14.7 Å². The van der Waals surface area contributed by atoms with Gasteiger partial charge in [0, 0.05) is 18.8 Å². The Balaban J connectivity index is 1.79. The normalized spacial score (nSPS) is 16.3. The molecule has 0 aromatic heterocycles. The van der Waals surface area contributed by atoms with Gasteiger partial charge in [0.05, 0.1) is 6.42 Å². The van der Waals surface area contributed by atoms with Crippen LogP contribution in [0.4, 0.5) is 0 Å². The minimum atomic E-state index is -0.981. The molecule has 1 heterocycles. The molecule has 5 nitrogen and oxygen atoms in total. The zero-order valence-corrected chi connectivity index (χ0v) is 13.3. The molecule has 1 amide bonds. The smallest absolute Gasteiger partial charge is 0.322 e. The Hall–Kier alpha value is -1.53. The number of aliphatic carboxylic acids is 1. The van der Waals surface area contributed by atoms with Crippen molar-refractivity contribution in [2.75, 3.05) is 13.1 Å². The third-order valence-corrected chi connectivity index (χ3v) is 4.62. The van der Waals surface area contributed by atoms with Crippen LogP contribution in [-0.2, 0) is 15.3 Å². The van der Waals surface area contributed by atoms with E-state index in [-0.39, 0.29) is 12.3 Å². The second-order valence-corrected chi connectivity index (χ2v) is 6.24. The van der Waals surface area contributed by atoms with Crippen LogP contribution in [-0.4, -0.2) is 41.0 Å². The van der Waals surface area contributed by atoms with Crippen molar-refractivity contribution in [1.82, 2.24) is 9.62 Å². The zero-order chi connectivity index (χ0) is 15.8. The number of benzene rings is 1. The van der Waals surface area contributed by atoms with Crippen molar-refractivity contribution in [3.63, 3.8) is 0 Å². The van der Waals surface area contributed by atoms with Gasteiger partial charge in [-0.3, -0.25) is 9.59 Å². The maximum Gasteiger partial charge on any atom is 0.322 e. The molecule has 22 heavy (non-hydrogen) atoms. The number of hydrogen-bond donors (Lipinski definition) is 2. The highest BCUT2D eigenvalue weighted by Crippen LogP contribution is 2.13. The van der Waals surface area contributed by atoms with Gasteiger partial charge in [-0.15, -0.1) is 0 Å². The van der Waals surface area contributed by atoms with E-state index in [1.807, 2.05) is 30.3 Å². The Morgan fingerprint density at radius 1 is 1.18 bits per heavy atom. The topological polar surface area (TPSA) is 69.6 Å². The van der Waals surface area contributed by atoms with E-state index in [2.05, 4.69) is 4.72 Å². The summed E-state index contributed by atoms with van der Waals surface area (Å²) in [6.07, 6.45) is 3.19. The molecular weight excluding hydrogens is 300 g/mol. The van der Waals surface area contributed by atoms with Crippen LogP contribution >= 0.6 is 11.9 Å². The maximum atomic E-state index is 12.2. The molecule has 0 radical (unpaired) electrons. The van der Waals surface area contributed by atoms with Crippen molar-refractivity contribution in [1.29, 1.82) is 0 Å². The van der Waals surface area contributed by atoms with Crippen molar-refractivity contribution in [3.8, 4) is 0 Å². The minimum Gasteiger partial charge on any atom is -0.480 e. The van der Waals surface area contributed by atoms with E-state index in [0.717, 1.165) is 37.9 Å². The largest absolute Gasteiger partial charge is 0.480 e. The van der Waals surface area contributed by atoms with Crippen LogP contribution in [0.5, 0.6) is 0 Å². The monoisotopic (exact) mass is 322 g/mol. The molecule has 2 rings (SSSR count). The molecule has 120 valence electrons. The van der Waals surface area contributed by atoms with Crippen LogP contribution in [0.15, 0.2) is 30.3 Å². The fraction of sp³-hybridized carbons (Fsp3) is 0.500. The average molecular weight is 322 g/mol. The van der Waals surface area contributed by atoms with E-state index in [1.165, 1.54) is 11.9 Å². The molecule has 6 heteroatoms. The molecule has 1 aromatic rings. The van der Waals surface area contributed by atoms with Gasteiger partial charge in [0.1, 0.15) is 6.04 Å². The third-order valence-electron chi connectivity index (χ3n) is 3.69. The molecule has 1 aromatic carbocycles. The number of carboxylic acids is 1. The van der Waals surface area contributed by atoms with E-state index in [4.69, 9.17) is 0 Å². The number of carbonyl (C=O) groups excluding carboxylic acids is 1. The molecule has 0 saturated carbocycles. The van der Waals surface area contributed by atoms with Crippen LogP contribution in [0.1, 0.15) is 31.2 Å². The summed E-state index contributed by atoms with van der Waals surface area (Å²) >= 11 is 1.33. The lowest BCUT2D eigenvalue weighted by molar-refractivity contribution is -0.143. The van der Waals surface area contributed by atoms with Gasteiger partial charge in [0.25, 0.3) is 0 Å². The number of amides is 1. The number of carboxylic acid groups (broad SMARTS) is 1.